The van der Waals surface area contributed by atoms with Crippen LogP contribution in [0.1, 0.15) is 108 Å². The van der Waals surface area contributed by atoms with Crippen LogP contribution in [0.15, 0.2) is 36.4 Å². The summed E-state index contributed by atoms with van der Waals surface area (Å²) in [5, 5.41) is 35.2. The van der Waals surface area contributed by atoms with Crippen molar-refractivity contribution in [3.63, 3.8) is 0 Å². The van der Waals surface area contributed by atoms with Crippen molar-refractivity contribution in [3.05, 3.63) is 75.6 Å². The van der Waals surface area contributed by atoms with E-state index in [2.05, 4.69) is 42.6 Å². The van der Waals surface area contributed by atoms with Crippen LogP contribution in [0.25, 0.3) is 0 Å². The molecule has 6 rings (SSSR count). The first-order valence-electron chi connectivity index (χ1n) is 17.4. The lowest BCUT2D eigenvalue weighted by Crippen LogP contribution is -2.48. The largest absolute Gasteiger partial charge is 0.352 e. The minimum atomic E-state index is -0.903. The molecule has 0 unspecified atom stereocenters. The number of amides is 3. The standard InChI is InChI=1S/C36H45N9O3/c1-3-38-33(47)26-13-15-29-24(18-26)11-12-25-19-27(34(48)39-4-2)14-16-30(25)36(29,35-41-43-44-42-35)20-31(23-8-5-6-9-23)40-22-32(46)45-17-7-10-28(45)21-37/h13-16,18-19,23,28,31,40H,3-12,17,20,22H2,1-2H3,(H,38,47)(H,39,48)(H,41,42,43,44)/t28-,31-/m0/s1. The third kappa shape index (κ3) is 6.43. The molecule has 0 radical (unpaired) electrons. The Morgan fingerprint density at radius 2 is 1.58 bits per heavy atom. The summed E-state index contributed by atoms with van der Waals surface area (Å²) in [6.07, 6.45) is 7.68. The number of likely N-dealkylation sites (tertiary alicyclic amines) is 1. The number of aryl methyl sites for hydroxylation is 2. The van der Waals surface area contributed by atoms with Crippen LogP contribution in [0.5, 0.6) is 0 Å². The van der Waals surface area contributed by atoms with Crippen LogP contribution < -0.4 is 16.0 Å². The van der Waals surface area contributed by atoms with Gasteiger partial charge in [-0.05, 0) is 111 Å². The monoisotopic (exact) mass is 651 g/mol. The Morgan fingerprint density at radius 1 is 0.958 bits per heavy atom. The summed E-state index contributed by atoms with van der Waals surface area (Å²) in [5.41, 5.74) is 4.26. The van der Waals surface area contributed by atoms with E-state index in [1.54, 1.807) is 4.90 Å². The molecule has 1 saturated heterocycles. The van der Waals surface area contributed by atoms with Gasteiger partial charge in [-0.15, -0.1) is 10.2 Å². The predicted octanol–water partition coefficient (Wildman–Crippen LogP) is 3.19. The summed E-state index contributed by atoms with van der Waals surface area (Å²) >= 11 is 0. The van der Waals surface area contributed by atoms with Gasteiger partial charge in [-0.25, -0.2) is 0 Å². The number of carbonyl (C=O) groups excluding carboxylic acids is 3. The Bertz CT molecular complexity index is 1610. The average Bonchev–Trinajstić information content (AvgIpc) is 3.91. The molecule has 2 atom stereocenters. The molecule has 0 spiro atoms. The molecular weight excluding hydrogens is 606 g/mol. The second-order valence-corrected chi connectivity index (χ2v) is 13.2. The van der Waals surface area contributed by atoms with Gasteiger partial charge in [0.25, 0.3) is 11.8 Å². The van der Waals surface area contributed by atoms with E-state index < -0.39 is 5.41 Å². The third-order valence-electron chi connectivity index (χ3n) is 10.5. The lowest BCUT2D eigenvalue weighted by Gasteiger charge is -2.39. The molecule has 2 aliphatic carbocycles. The van der Waals surface area contributed by atoms with E-state index in [1.165, 1.54) is 0 Å². The van der Waals surface area contributed by atoms with Crippen LogP contribution in [-0.4, -0.2) is 81.5 Å². The van der Waals surface area contributed by atoms with E-state index in [0.717, 1.165) is 54.4 Å². The molecule has 48 heavy (non-hydrogen) atoms. The number of hydrogen-bond donors (Lipinski definition) is 4. The topological polar surface area (TPSA) is 169 Å². The highest BCUT2D eigenvalue weighted by molar-refractivity contribution is 5.95. The van der Waals surface area contributed by atoms with E-state index in [1.807, 2.05) is 50.2 Å². The van der Waals surface area contributed by atoms with Gasteiger partial charge in [0.1, 0.15) is 6.04 Å². The van der Waals surface area contributed by atoms with Gasteiger partial charge in [-0.3, -0.25) is 14.4 Å². The molecule has 1 saturated carbocycles. The maximum absolute atomic E-state index is 13.5. The van der Waals surface area contributed by atoms with Crippen molar-refractivity contribution in [2.75, 3.05) is 26.2 Å². The average molecular weight is 652 g/mol. The van der Waals surface area contributed by atoms with Crippen LogP contribution in [0.2, 0.25) is 0 Å². The van der Waals surface area contributed by atoms with E-state index in [0.29, 0.717) is 68.2 Å². The fourth-order valence-corrected chi connectivity index (χ4v) is 8.17. The molecule has 3 amide bonds. The SMILES string of the molecule is CCNC(=O)c1ccc2c(c1)CCc1cc(C(=O)NCC)ccc1C2(C[C@H](NCC(=O)N1CCC[C@H]1C#N)C1CCCC1)c1nn[nH]n1. The van der Waals surface area contributed by atoms with Crippen molar-refractivity contribution in [1.82, 2.24) is 41.5 Å². The maximum atomic E-state index is 13.5. The van der Waals surface area contributed by atoms with E-state index >= 15 is 0 Å². The second kappa shape index (κ2) is 14.6. The fourth-order valence-electron chi connectivity index (χ4n) is 8.17. The van der Waals surface area contributed by atoms with Crippen LogP contribution in [0, 0.1) is 17.2 Å². The molecule has 12 nitrogen and oxygen atoms in total. The number of nitrogens with one attached hydrogen (secondary N) is 4. The number of rotatable bonds is 11. The van der Waals surface area contributed by atoms with Crippen molar-refractivity contribution in [1.29, 1.82) is 5.26 Å². The number of nitriles is 1. The molecule has 2 heterocycles. The lowest BCUT2D eigenvalue weighted by molar-refractivity contribution is -0.130. The minimum absolute atomic E-state index is 0.0597. The summed E-state index contributed by atoms with van der Waals surface area (Å²) in [6, 6.07) is 13.6. The van der Waals surface area contributed by atoms with Gasteiger partial charge in [-0.1, -0.05) is 30.2 Å². The maximum Gasteiger partial charge on any atom is 0.251 e. The first kappa shape index (κ1) is 33.3. The number of aromatic amines is 1. The molecule has 2 aromatic carbocycles. The molecule has 0 bridgehead atoms. The van der Waals surface area contributed by atoms with Crippen LogP contribution >= 0.6 is 0 Å². The Kier molecular flexibility index (Phi) is 10.2. The van der Waals surface area contributed by atoms with E-state index in [4.69, 9.17) is 0 Å². The van der Waals surface area contributed by atoms with Crippen molar-refractivity contribution >= 4 is 17.7 Å². The molecule has 1 aromatic heterocycles. The molecule has 1 aliphatic heterocycles. The molecule has 2 fully saturated rings. The van der Waals surface area contributed by atoms with E-state index in [-0.39, 0.29) is 36.3 Å². The van der Waals surface area contributed by atoms with Gasteiger partial charge < -0.3 is 20.9 Å². The summed E-state index contributed by atoms with van der Waals surface area (Å²) in [5.74, 6) is 0.491. The van der Waals surface area contributed by atoms with Crippen molar-refractivity contribution in [2.45, 2.75) is 89.1 Å². The first-order valence-corrected chi connectivity index (χ1v) is 17.4. The fraction of sp³-hybridized carbons (Fsp3) is 0.528. The number of nitrogens with zero attached hydrogens (tertiary/aromatic N) is 5. The number of benzene rings is 2. The highest BCUT2D eigenvalue weighted by atomic mass is 16.2. The quantitative estimate of drug-likeness (QED) is 0.245. The van der Waals surface area contributed by atoms with Gasteiger partial charge in [0, 0.05) is 36.8 Å². The highest BCUT2D eigenvalue weighted by Gasteiger charge is 2.47. The van der Waals surface area contributed by atoms with Crippen LogP contribution in [-0.2, 0) is 23.1 Å². The molecule has 252 valence electrons. The van der Waals surface area contributed by atoms with Crippen molar-refractivity contribution in [3.8, 4) is 6.07 Å². The Hall–Kier alpha value is -4.63. The Morgan fingerprint density at radius 3 is 2.12 bits per heavy atom. The van der Waals surface area contributed by atoms with Gasteiger partial charge in [0.05, 0.1) is 18.0 Å². The molecule has 12 heteroatoms. The van der Waals surface area contributed by atoms with Gasteiger partial charge in [0.15, 0.2) is 5.82 Å². The predicted molar refractivity (Wildman–Crippen MR) is 179 cm³/mol. The third-order valence-corrected chi connectivity index (χ3v) is 10.5. The summed E-state index contributed by atoms with van der Waals surface area (Å²) in [7, 11) is 0. The molecule has 4 N–H and O–H groups in total. The molecular formula is C36H45N9O3. The summed E-state index contributed by atoms with van der Waals surface area (Å²) < 4.78 is 0. The first-order chi connectivity index (χ1) is 23.4. The van der Waals surface area contributed by atoms with Crippen LogP contribution in [0.4, 0.5) is 0 Å². The molecule has 3 aliphatic rings. The Balaban J connectivity index is 1.48. The van der Waals surface area contributed by atoms with Gasteiger partial charge in [-0.2, -0.15) is 10.5 Å². The zero-order chi connectivity index (χ0) is 33.7. The highest BCUT2D eigenvalue weighted by Crippen LogP contribution is 2.48. The minimum Gasteiger partial charge on any atom is -0.352 e. The van der Waals surface area contributed by atoms with Crippen LogP contribution in [0.3, 0.4) is 0 Å². The summed E-state index contributed by atoms with van der Waals surface area (Å²) in [6.45, 7) is 5.58. The van der Waals surface area contributed by atoms with Gasteiger partial charge >= 0.3 is 0 Å². The number of tetrazole rings is 1. The normalized spacial score (nSPS) is 19.1. The zero-order valence-electron chi connectivity index (χ0n) is 27.8. The molecule has 3 aromatic rings. The van der Waals surface area contributed by atoms with Crippen molar-refractivity contribution < 1.29 is 14.4 Å². The van der Waals surface area contributed by atoms with E-state index in [9.17, 15) is 19.6 Å². The lowest BCUT2D eigenvalue weighted by atomic mass is 9.66. The zero-order valence-corrected chi connectivity index (χ0v) is 27.8. The second-order valence-electron chi connectivity index (χ2n) is 13.2. The van der Waals surface area contributed by atoms with Gasteiger partial charge in [0.2, 0.25) is 5.91 Å². The van der Waals surface area contributed by atoms with Crippen molar-refractivity contribution in [2.24, 2.45) is 5.92 Å². The number of aromatic nitrogens is 4. The summed E-state index contributed by atoms with van der Waals surface area (Å²) in [4.78, 5) is 41.2. The smallest absolute Gasteiger partial charge is 0.251 e. The Labute approximate surface area is 281 Å². The number of fused-ring (bicyclic) bond motifs is 2. The number of carbonyl (C=O) groups is 3. The number of H-pyrrole nitrogens is 1. The number of hydrogen-bond acceptors (Lipinski definition) is 8.